The molecule has 0 saturated carbocycles. The maximum absolute atomic E-state index is 5.44. The molecular formula is C62H44N2. The standard InChI is InChI=1S/C62H44N2/c1-61(2)52-27-12-14-29-54(52)62(55-30-15-13-28-53(55)61)51-37-36-48(47-25-16-24-46(38-47)43-34-32-42(33-35-43)41-18-6-3-7-19-41)39-50(51)59-49(26-17-31-56(59)62)58-40-57(44-20-8-4-9-21-44)63-60(64-58)45-22-10-5-11-23-45/h3-40H,1-2H3. The van der Waals surface area contributed by atoms with E-state index in [-0.39, 0.29) is 5.41 Å². The summed E-state index contributed by atoms with van der Waals surface area (Å²) in [6.07, 6.45) is 0. The first kappa shape index (κ1) is 37.8. The Morgan fingerprint density at radius 3 is 1.36 bits per heavy atom. The molecule has 0 bridgehead atoms. The highest BCUT2D eigenvalue weighted by Crippen LogP contribution is 2.63. The number of hydrogen-bond donors (Lipinski definition) is 0. The van der Waals surface area contributed by atoms with Crippen LogP contribution in [0.3, 0.4) is 0 Å². The fourth-order valence-electron chi connectivity index (χ4n) is 10.8. The van der Waals surface area contributed by atoms with E-state index in [1.54, 1.807) is 0 Å². The van der Waals surface area contributed by atoms with Crippen LogP contribution in [0.5, 0.6) is 0 Å². The Kier molecular flexibility index (Phi) is 8.77. The van der Waals surface area contributed by atoms with E-state index < -0.39 is 5.41 Å². The van der Waals surface area contributed by atoms with Crippen LogP contribution in [0.15, 0.2) is 231 Å². The van der Waals surface area contributed by atoms with Crippen molar-refractivity contribution >= 4 is 0 Å². The van der Waals surface area contributed by atoms with Crippen LogP contribution in [0.2, 0.25) is 0 Å². The fraction of sp³-hybridized carbons (Fsp3) is 0.0645. The molecule has 2 aliphatic carbocycles. The van der Waals surface area contributed by atoms with E-state index in [2.05, 4.69) is 238 Å². The van der Waals surface area contributed by atoms with Gasteiger partial charge in [0.1, 0.15) is 0 Å². The monoisotopic (exact) mass is 816 g/mol. The lowest BCUT2D eigenvalue weighted by atomic mass is 9.55. The van der Waals surface area contributed by atoms with E-state index in [9.17, 15) is 0 Å². The molecule has 2 aliphatic rings. The van der Waals surface area contributed by atoms with Crippen LogP contribution < -0.4 is 0 Å². The minimum absolute atomic E-state index is 0.194. The van der Waals surface area contributed by atoms with Crippen LogP contribution in [0.4, 0.5) is 0 Å². The van der Waals surface area contributed by atoms with Gasteiger partial charge in [0.2, 0.25) is 0 Å². The van der Waals surface area contributed by atoms with Crippen LogP contribution in [-0.4, -0.2) is 9.97 Å². The number of benzene rings is 9. The lowest BCUT2D eigenvalue weighted by Gasteiger charge is -2.46. The van der Waals surface area contributed by atoms with Crippen molar-refractivity contribution in [1.82, 2.24) is 9.97 Å². The first-order valence-electron chi connectivity index (χ1n) is 22.2. The molecule has 9 aromatic carbocycles. The van der Waals surface area contributed by atoms with Crippen molar-refractivity contribution < 1.29 is 0 Å². The van der Waals surface area contributed by atoms with Gasteiger partial charge in [-0.05, 0) is 96.1 Å². The lowest BCUT2D eigenvalue weighted by molar-refractivity contribution is 0.563. The van der Waals surface area contributed by atoms with Gasteiger partial charge in [-0.1, -0.05) is 226 Å². The molecule has 64 heavy (non-hydrogen) atoms. The number of nitrogens with zero attached hydrogens (tertiary/aromatic N) is 2. The number of rotatable bonds is 6. The normalized spacial score (nSPS) is 13.7. The molecule has 12 rings (SSSR count). The number of hydrogen-bond acceptors (Lipinski definition) is 2. The summed E-state index contributed by atoms with van der Waals surface area (Å²) in [5.74, 6) is 0.708. The molecule has 1 aromatic heterocycles. The summed E-state index contributed by atoms with van der Waals surface area (Å²) < 4.78 is 0. The Bertz CT molecular complexity index is 3280. The number of aromatic nitrogens is 2. The molecule has 1 heterocycles. The largest absolute Gasteiger partial charge is 0.228 e. The van der Waals surface area contributed by atoms with Crippen molar-refractivity contribution in [2.45, 2.75) is 24.7 Å². The molecule has 0 N–H and O–H groups in total. The summed E-state index contributed by atoms with van der Waals surface area (Å²) in [4.78, 5) is 10.6. The van der Waals surface area contributed by atoms with E-state index in [1.165, 1.54) is 77.9 Å². The maximum atomic E-state index is 5.44. The van der Waals surface area contributed by atoms with Crippen LogP contribution in [-0.2, 0) is 10.8 Å². The zero-order valence-corrected chi connectivity index (χ0v) is 35.8. The van der Waals surface area contributed by atoms with Gasteiger partial charge < -0.3 is 0 Å². The molecule has 0 amide bonds. The molecular weight excluding hydrogens is 773 g/mol. The molecule has 0 fully saturated rings. The second kappa shape index (κ2) is 14.9. The van der Waals surface area contributed by atoms with Gasteiger partial charge >= 0.3 is 0 Å². The van der Waals surface area contributed by atoms with Gasteiger partial charge in [0.25, 0.3) is 0 Å². The van der Waals surface area contributed by atoms with Crippen molar-refractivity contribution in [2.75, 3.05) is 0 Å². The molecule has 2 nitrogen and oxygen atoms in total. The van der Waals surface area contributed by atoms with E-state index >= 15 is 0 Å². The Balaban J connectivity index is 1.10. The quantitative estimate of drug-likeness (QED) is 0.167. The summed E-state index contributed by atoms with van der Waals surface area (Å²) in [5, 5.41) is 0. The minimum atomic E-state index is -0.554. The van der Waals surface area contributed by atoms with Crippen molar-refractivity contribution in [2.24, 2.45) is 0 Å². The van der Waals surface area contributed by atoms with Gasteiger partial charge in [0, 0.05) is 22.1 Å². The van der Waals surface area contributed by atoms with E-state index in [4.69, 9.17) is 9.97 Å². The minimum Gasteiger partial charge on any atom is -0.228 e. The van der Waals surface area contributed by atoms with Crippen LogP contribution >= 0.6 is 0 Å². The molecule has 0 atom stereocenters. The average molecular weight is 817 g/mol. The molecule has 0 radical (unpaired) electrons. The predicted octanol–water partition coefficient (Wildman–Crippen LogP) is 15.5. The maximum Gasteiger partial charge on any atom is 0.160 e. The van der Waals surface area contributed by atoms with Gasteiger partial charge in [0.05, 0.1) is 16.8 Å². The zero-order valence-electron chi connectivity index (χ0n) is 35.8. The summed E-state index contributed by atoms with van der Waals surface area (Å²) in [6, 6.07) is 84.0. The molecule has 0 saturated heterocycles. The highest BCUT2D eigenvalue weighted by molar-refractivity contribution is 5.98. The fourth-order valence-corrected chi connectivity index (χ4v) is 10.8. The Labute approximate surface area is 375 Å². The van der Waals surface area contributed by atoms with Gasteiger partial charge in [-0.25, -0.2) is 9.97 Å². The third-order valence-electron chi connectivity index (χ3n) is 13.8. The number of fused-ring (bicyclic) bond motifs is 9. The smallest absolute Gasteiger partial charge is 0.160 e. The molecule has 1 spiro atoms. The summed E-state index contributed by atoms with van der Waals surface area (Å²) in [6.45, 7) is 4.76. The van der Waals surface area contributed by atoms with Gasteiger partial charge in [-0.3, -0.25) is 0 Å². The molecule has 302 valence electrons. The van der Waals surface area contributed by atoms with E-state index in [0.29, 0.717) is 5.82 Å². The van der Waals surface area contributed by atoms with Crippen LogP contribution in [0, 0.1) is 0 Å². The Morgan fingerprint density at radius 2 is 0.719 bits per heavy atom. The van der Waals surface area contributed by atoms with Crippen LogP contribution in [0.25, 0.3) is 78.4 Å². The van der Waals surface area contributed by atoms with Gasteiger partial charge in [-0.2, -0.15) is 0 Å². The highest BCUT2D eigenvalue weighted by Gasteiger charge is 2.53. The van der Waals surface area contributed by atoms with Crippen molar-refractivity contribution in [3.8, 4) is 78.4 Å². The molecule has 0 unspecified atom stereocenters. The SMILES string of the molecule is CC1(C)c2ccccc2C2(c3ccc(-c4cccc(-c5ccc(-c6ccccc6)cc5)c4)cc3-c3c(-c4cc(-c5ccccc5)nc(-c5ccccc5)n4)cccc32)c2ccccc21. The van der Waals surface area contributed by atoms with Crippen molar-refractivity contribution in [3.05, 3.63) is 264 Å². The summed E-state index contributed by atoms with van der Waals surface area (Å²) in [5.41, 5.74) is 21.8. The molecule has 0 aliphatic heterocycles. The second-order valence-corrected chi connectivity index (χ2v) is 17.7. The second-order valence-electron chi connectivity index (χ2n) is 17.7. The van der Waals surface area contributed by atoms with Crippen molar-refractivity contribution in [3.63, 3.8) is 0 Å². The van der Waals surface area contributed by atoms with Gasteiger partial charge in [0.15, 0.2) is 5.82 Å². The first-order valence-corrected chi connectivity index (χ1v) is 22.2. The van der Waals surface area contributed by atoms with E-state index in [0.717, 1.165) is 28.1 Å². The highest BCUT2D eigenvalue weighted by atomic mass is 14.9. The third-order valence-corrected chi connectivity index (χ3v) is 13.8. The molecule has 2 heteroatoms. The Hall–Kier alpha value is -7.94. The topological polar surface area (TPSA) is 25.8 Å². The summed E-state index contributed by atoms with van der Waals surface area (Å²) in [7, 11) is 0. The average Bonchev–Trinajstić information content (AvgIpc) is 3.67. The van der Waals surface area contributed by atoms with Gasteiger partial charge in [-0.15, -0.1) is 0 Å². The molecule has 10 aromatic rings. The van der Waals surface area contributed by atoms with E-state index in [1.807, 2.05) is 6.07 Å². The lowest BCUT2D eigenvalue weighted by Crippen LogP contribution is -2.40. The predicted molar refractivity (Wildman–Crippen MR) is 264 cm³/mol. The Morgan fingerprint density at radius 1 is 0.281 bits per heavy atom. The first-order chi connectivity index (χ1) is 31.5. The third kappa shape index (κ3) is 5.87. The van der Waals surface area contributed by atoms with Crippen molar-refractivity contribution in [1.29, 1.82) is 0 Å². The van der Waals surface area contributed by atoms with Crippen LogP contribution in [0.1, 0.15) is 47.2 Å². The summed E-state index contributed by atoms with van der Waals surface area (Å²) >= 11 is 0. The zero-order chi connectivity index (χ0) is 42.8.